The first-order valence-electron chi connectivity index (χ1n) is 8.02. The molecule has 9 heteroatoms. The van der Waals surface area contributed by atoms with Gasteiger partial charge in [-0.05, 0) is 18.6 Å². The van der Waals surface area contributed by atoms with E-state index in [-0.39, 0.29) is 6.10 Å². The third-order valence-corrected chi connectivity index (χ3v) is 4.93. The highest BCUT2D eigenvalue weighted by atomic mass is 32.1. The molecule has 130 valence electrons. The Morgan fingerprint density at radius 2 is 2.15 bits per heavy atom. The smallest absolute Gasteiger partial charge is 0.225 e. The number of pyridine rings is 1. The summed E-state index contributed by atoms with van der Waals surface area (Å²) in [5.41, 5.74) is 8.33. The lowest BCUT2D eigenvalue weighted by Crippen LogP contribution is -2.23. The van der Waals surface area contributed by atoms with Gasteiger partial charge in [-0.1, -0.05) is 0 Å². The molecule has 1 aliphatic rings. The number of hydrogen-bond acceptors (Lipinski definition) is 9. The molecule has 1 aliphatic heterocycles. The van der Waals surface area contributed by atoms with Crippen molar-refractivity contribution in [2.45, 2.75) is 12.5 Å². The SMILES string of the molecule is N#Cc1c(N)cc(-c2ccnc(N3CC[C@@H](O)C3)n2)nc1-c1nccs1. The quantitative estimate of drug-likeness (QED) is 0.718. The van der Waals surface area contributed by atoms with Crippen LogP contribution >= 0.6 is 11.3 Å². The zero-order valence-corrected chi connectivity index (χ0v) is 14.5. The molecule has 4 rings (SSSR count). The van der Waals surface area contributed by atoms with Crippen LogP contribution in [0.1, 0.15) is 12.0 Å². The molecule has 1 fully saturated rings. The number of rotatable bonds is 3. The first-order valence-corrected chi connectivity index (χ1v) is 8.90. The van der Waals surface area contributed by atoms with Gasteiger partial charge in [0, 0.05) is 30.9 Å². The highest BCUT2D eigenvalue weighted by Gasteiger charge is 2.23. The fraction of sp³-hybridized carbons (Fsp3) is 0.235. The van der Waals surface area contributed by atoms with Gasteiger partial charge >= 0.3 is 0 Å². The van der Waals surface area contributed by atoms with Crippen molar-refractivity contribution in [3.05, 3.63) is 35.5 Å². The molecule has 0 spiro atoms. The summed E-state index contributed by atoms with van der Waals surface area (Å²) in [6.45, 7) is 1.22. The molecule has 4 heterocycles. The number of nitrogens with zero attached hydrogens (tertiary/aromatic N) is 6. The molecule has 3 aromatic rings. The first kappa shape index (κ1) is 16.4. The third kappa shape index (κ3) is 2.96. The second kappa shape index (κ2) is 6.67. The van der Waals surface area contributed by atoms with Crippen LogP contribution in [0.3, 0.4) is 0 Å². The van der Waals surface area contributed by atoms with Crippen molar-refractivity contribution in [2.75, 3.05) is 23.7 Å². The Hall–Kier alpha value is -3.09. The van der Waals surface area contributed by atoms with Crippen LogP contribution in [0, 0.1) is 11.3 Å². The Labute approximate surface area is 153 Å². The van der Waals surface area contributed by atoms with Gasteiger partial charge in [0.1, 0.15) is 22.3 Å². The Morgan fingerprint density at radius 1 is 1.27 bits per heavy atom. The van der Waals surface area contributed by atoms with Crippen molar-refractivity contribution < 1.29 is 5.11 Å². The number of nitrogen functional groups attached to an aromatic ring is 1. The molecule has 0 bridgehead atoms. The molecule has 0 aromatic carbocycles. The fourth-order valence-corrected chi connectivity index (χ4v) is 3.51. The van der Waals surface area contributed by atoms with Gasteiger partial charge in [-0.2, -0.15) is 5.26 Å². The summed E-state index contributed by atoms with van der Waals surface area (Å²) in [7, 11) is 0. The number of aliphatic hydroxyl groups is 1. The summed E-state index contributed by atoms with van der Waals surface area (Å²) in [6, 6.07) is 5.49. The molecule has 26 heavy (non-hydrogen) atoms. The maximum atomic E-state index is 9.72. The van der Waals surface area contributed by atoms with Gasteiger partial charge in [-0.25, -0.2) is 19.9 Å². The number of nitrogens with two attached hydrogens (primary N) is 1. The normalized spacial score (nSPS) is 16.6. The van der Waals surface area contributed by atoms with Gasteiger partial charge in [0.2, 0.25) is 5.95 Å². The lowest BCUT2D eigenvalue weighted by Gasteiger charge is -2.16. The standard InChI is InChI=1S/C17H15N7OS/c18-8-11-12(19)7-14(22-15(11)16-20-4-6-26-16)13-1-3-21-17(23-13)24-5-2-10(25)9-24/h1,3-4,6-7,10,25H,2,5,9H2,(H2,19,22)/t10-/m1/s1. The summed E-state index contributed by atoms with van der Waals surface area (Å²) in [6.07, 6.45) is 3.65. The lowest BCUT2D eigenvalue weighted by atomic mass is 10.1. The summed E-state index contributed by atoms with van der Waals surface area (Å²) < 4.78 is 0. The predicted octanol–water partition coefficient (Wildman–Crippen LogP) is 1.69. The van der Waals surface area contributed by atoms with E-state index in [0.717, 1.165) is 0 Å². The van der Waals surface area contributed by atoms with Crippen molar-refractivity contribution in [3.8, 4) is 28.2 Å². The van der Waals surface area contributed by atoms with Gasteiger partial charge in [0.15, 0.2) is 0 Å². The number of aromatic nitrogens is 4. The van der Waals surface area contributed by atoms with Crippen LogP contribution in [0.5, 0.6) is 0 Å². The van der Waals surface area contributed by atoms with Crippen LogP contribution in [-0.4, -0.2) is 44.2 Å². The van der Waals surface area contributed by atoms with E-state index in [1.165, 1.54) is 11.3 Å². The lowest BCUT2D eigenvalue weighted by molar-refractivity contribution is 0.198. The van der Waals surface area contributed by atoms with Crippen LogP contribution < -0.4 is 10.6 Å². The summed E-state index contributed by atoms with van der Waals surface area (Å²) >= 11 is 1.39. The number of nitriles is 1. The van der Waals surface area contributed by atoms with E-state index >= 15 is 0 Å². The molecule has 0 amide bonds. The minimum Gasteiger partial charge on any atom is -0.398 e. The molecule has 0 aliphatic carbocycles. The molecule has 1 saturated heterocycles. The third-order valence-electron chi connectivity index (χ3n) is 4.15. The molecule has 8 nitrogen and oxygen atoms in total. The number of hydrogen-bond donors (Lipinski definition) is 2. The molecule has 3 aromatic heterocycles. The molecule has 1 atom stereocenters. The summed E-state index contributed by atoms with van der Waals surface area (Å²) in [4.78, 5) is 19.6. The Bertz CT molecular complexity index is 983. The van der Waals surface area contributed by atoms with E-state index in [4.69, 9.17) is 5.73 Å². The maximum Gasteiger partial charge on any atom is 0.225 e. The number of aliphatic hydroxyl groups excluding tert-OH is 1. The van der Waals surface area contributed by atoms with Gasteiger partial charge in [0.05, 0.1) is 23.2 Å². The van der Waals surface area contributed by atoms with Crippen molar-refractivity contribution in [1.82, 2.24) is 19.9 Å². The number of anilines is 2. The van der Waals surface area contributed by atoms with E-state index in [9.17, 15) is 10.4 Å². The minimum absolute atomic E-state index is 0.306. The summed E-state index contributed by atoms with van der Waals surface area (Å²) in [5, 5.41) is 21.6. The van der Waals surface area contributed by atoms with Crippen LogP contribution in [0.2, 0.25) is 0 Å². The largest absolute Gasteiger partial charge is 0.398 e. The van der Waals surface area contributed by atoms with Crippen molar-refractivity contribution in [3.63, 3.8) is 0 Å². The van der Waals surface area contributed by atoms with Gasteiger partial charge in [-0.3, -0.25) is 0 Å². The number of β-amino-alcohol motifs (C(OH)–C–C–N with tert-alkyl or cyclic N) is 1. The minimum atomic E-state index is -0.359. The van der Waals surface area contributed by atoms with Crippen LogP contribution in [0.15, 0.2) is 29.9 Å². The molecular formula is C17H15N7OS. The predicted molar refractivity (Wildman–Crippen MR) is 98.3 cm³/mol. The topological polar surface area (TPSA) is 125 Å². The van der Waals surface area contributed by atoms with Gasteiger partial charge < -0.3 is 15.7 Å². The van der Waals surface area contributed by atoms with Gasteiger partial charge in [0.25, 0.3) is 0 Å². The van der Waals surface area contributed by atoms with Crippen molar-refractivity contribution in [1.29, 1.82) is 5.26 Å². The van der Waals surface area contributed by atoms with E-state index in [1.54, 1.807) is 24.5 Å². The Kier molecular flexibility index (Phi) is 4.20. The molecular weight excluding hydrogens is 350 g/mol. The average Bonchev–Trinajstić information content (AvgIpc) is 3.33. The van der Waals surface area contributed by atoms with Crippen molar-refractivity contribution >= 4 is 23.0 Å². The molecule has 3 N–H and O–H groups in total. The average molecular weight is 365 g/mol. The first-order chi connectivity index (χ1) is 12.7. The monoisotopic (exact) mass is 365 g/mol. The second-order valence-corrected chi connectivity index (χ2v) is 6.79. The Balaban J connectivity index is 1.78. The van der Waals surface area contributed by atoms with E-state index in [1.807, 2.05) is 10.3 Å². The Morgan fingerprint density at radius 3 is 2.85 bits per heavy atom. The highest BCUT2D eigenvalue weighted by molar-refractivity contribution is 7.13. The van der Waals surface area contributed by atoms with E-state index in [2.05, 4.69) is 26.0 Å². The fourth-order valence-electron chi connectivity index (χ4n) is 2.88. The van der Waals surface area contributed by atoms with E-state index in [0.29, 0.717) is 58.8 Å². The van der Waals surface area contributed by atoms with Crippen LogP contribution in [0.4, 0.5) is 11.6 Å². The van der Waals surface area contributed by atoms with Crippen molar-refractivity contribution in [2.24, 2.45) is 0 Å². The molecule has 0 unspecified atom stereocenters. The zero-order chi connectivity index (χ0) is 18.1. The van der Waals surface area contributed by atoms with Crippen LogP contribution in [-0.2, 0) is 0 Å². The van der Waals surface area contributed by atoms with E-state index < -0.39 is 0 Å². The van der Waals surface area contributed by atoms with Crippen LogP contribution in [0.25, 0.3) is 22.1 Å². The van der Waals surface area contributed by atoms with Gasteiger partial charge in [-0.15, -0.1) is 11.3 Å². The summed E-state index contributed by atoms with van der Waals surface area (Å²) in [5.74, 6) is 0.541. The number of thiazole rings is 1. The maximum absolute atomic E-state index is 9.72. The molecule has 0 saturated carbocycles. The zero-order valence-electron chi connectivity index (χ0n) is 13.7. The molecule has 0 radical (unpaired) electrons. The highest BCUT2D eigenvalue weighted by Crippen LogP contribution is 2.31. The second-order valence-electron chi connectivity index (χ2n) is 5.90.